The van der Waals surface area contributed by atoms with Crippen molar-refractivity contribution in [2.75, 3.05) is 39.4 Å². The Morgan fingerprint density at radius 1 is 1.33 bits per heavy atom. The van der Waals surface area contributed by atoms with Crippen LogP contribution in [0.15, 0.2) is 0 Å². The Labute approximate surface area is 128 Å². The molecular weight excluding hydrogens is 266 g/mol. The zero-order valence-electron chi connectivity index (χ0n) is 13.9. The van der Waals surface area contributed by atoms with Crippen LogP contribution in [0, 0.1) is 11.8 Å². The second kappa shape index (κ2) is 7.07. The fourth-order valence-corrected chi connectivity index (χ4v) is 3.43. The molecule has 0 aromatic carbocycles. The fraction of sp³-hybridized carbons (Fsp3) is 0.938. The number of carbonyl (C=O) groups is 1. The molecule has 2 rings (SSSR count). The summed E-state index contributed by atoms with van der Waals surface area (Å²) in [4.78, 5) is 14.7. The van der Waals surface area contributed by atoms with Gasteiger partial charge in [0.15, 0.2) is 0 Å². The lowest BCUT2D eigenvalue weighted by atomic mass is 9.88. The van der Waals surface area contributed by atoms with E-state index in [2.05, 4.69) is 43.2 Å². The molecule has 0 aromatic heterocycles. The first kappa shape index (κ1) is 16.7. The van der Waals surface area contributed by atoms with Crippen LogP contribution in [-0.4, -0.2) is 61.8 Å². The lowest BCUT2D eigenvalue weighted by Gasteiger charge is -2.45. The highest BCUT2D eigenvalue weighted by molar-refractivity contribution is 5.82. The predicted octanol–water partition coefficient (Wildman–Crippen LogP) is 0.848. The molecule has 0 radical (unpaired) electrons. The second-order valence-electron chi connectivity index (χ2n) is 7.46. The molecule has 3 atom stereocenters. The van der Waals surface area contributed by atoms with E-state index in [9.17, 15) is 4.79 Å². The molecule has 1 amide bonds. The smallest absolute Gasteiger partial charge is 0.239 e. The number of amides is 1. The molecular formula is C16H31N3O2. The van der Waals surface area contributed by atoms with Crippen molar-refractivity contribution in [3.8, 4) is 0 Å². The maximum Gasteiger partial charge on any atom is 0.239 e. The fourth-order valence-electron chi connectivity index (χ4n) is 3.43. The van der Waals surface area contributed by atoms with E-state index in [0.29, 0.717) is 19.8 Å². The van der Waals surface area contributed by atoms with Crippen LogP contribution in [0.1, 0.15) is 34.1 Å². The van der Waals surface area contributed by atoms with E-state index in [1.807, 2.05) is 0 Å². The summed E-state index contributed by atoms with van der Waals surface area (Å²) in [5.41, 5.74) is -0.00583. The minimum absolute atomic E-state index is 0.00583. The third-order valence-corrected chi connectivity index (χ3v) is 4.66. The highest BCUT2D eigenvalue weighted by atomic mass is 16.5. The van der Waals surface area contributed by atoms with Crippen molar-refractivity contribution >= 4 is 5.91 Å². The summed E-state index contributed by atoms with van der Waals surface area (Å²) in [7, 11) is 0. The Bertz CT molecular complexity index is 343. The highest BCUT2D eigenvalue weighted by Gasteiger charge is 2.33. The molecule has 122 valence electrons. The average molecular weight is 297 g/mol. The number of hydrogen-bond donors (Lipinski definition) is 2. The number of nitrogens with one attached hydrogen (secondary N) is 2. The van der Waals surface area contributed by atoms with Crippen molar-refractivity contribution in [1.82, 2.24) is 15.5 Å². The van der Waals surface area contributed by atoms with Crippen molar-refractivity contribution in [3.63, 3.8) is 0 Å². The molecule has 0 saturated carbocycles. The molecule has 0 aliphatic carbocycles. The first-order valence-corrected chi connectivity index (χ1v) is 8.22. The second-order valence-corrected chi connectivity index (χ2v) is 7.46. The van der Waals surface area contributed by atoms with E-state index in [-0.39, 0.29) is 17.5 Å². The van der Waals surface area contributed by atoms with Gasteiger partial charge in [-0.1, -0.05) is 13.8 Å². The highest BCUT2D eigenvalue weighted by Crippen LogP contribution is 2.26. The average Bonchev–Trinajstić information content (AvgIpc) is 2.45. The summed E-state index contributed by atoms with van der Waals surface area (Å²) in [5, 5.41) is 6.29. The van der Waals surface area contributed by atoms with Crippen molar-refractivity contribution < 1.29 is 9.53 Å². The topological polar surface area (TPSA) is 53.6 Å². The van der Waals surface area contributed by atoms with Gasteiger partial charge in [-0.3, -0.25) is 9.69 Å². The molecule has 5 nitrogen and oxygen atoms in total. The zero-order chi connectivity index (χ0) is 15.5. The summed E-state index contributed by atoms with van der Waals surface area (Å²) in [6.45, 7) is 13.9. The molecule has 2 saturated heterocycles. The van der Waals surface area contributed by atoms with Crippen LogP contribution in [0.5, 0.6) is 0 Å². The number of piperidine rings is 1. The van der Waals surface area contributed by atoms with E-state index in [1.54, 1.807) is 0 Å². The summed E-state index contributed by atoms with van der Waals surface area (Å²) in [6.07, 6.45) is 1.31. The summed E-state index contributed by atoms with van der Waals surface area (Å²) in [6, 6.07) is -0.200. The van der Waals surface area contributed by atoms with Gasteiger partial charge in [0.2, 0.25) is 5.91 Å². The van der Waals surface area contributed by atoms with Gasteiger partial charge in [-0.15, -0.1) is 0 Å². The van der Waals surface area contributed by atoms with Crippen LogP contribution < -0.4 is 10.6 Å². The van der Waals surface area contributed by atoms with Gasteiger partial charge < -0.3 is 15.4 Å². The number of rotatable bonds is 4. The maximum absolute atomic E-state index is 12.2. The van der Waals surface area contributed by atoms with Crippen LogP contribution in [0.4, 0.5) is 0 Å². The Balaban J connectivity index is 1.83. The third-order valence-electron chi connectivity index (χ3n) is 4.66. The third kappa shape index (κ3) is 4.66. The summed E-state index contributed by atoms with van der Waals surface area (Å²) >= 11 is 0. The summed E-state index contributed by atoms with van der Waals surface area (Å²) < 4.78 is 5.35. The molecule has 21 heavy (non-hydrogen) atoms. The van der Waals surface area contributed by atoms with E-state index in [0.717, 1.165) is 31.5 Å². The predicted molar refractivity (Wildman–Crippen MR) is 84.2 cm³/mol. The van der Waals surface area contributed by atoms with Crippen LogP contribution >= 0.6 is 0 Å². The lowest BCUT2D eigenvalue weighted by molar-refractivity contribution is -0.126. The van der Waals surface area contributed by atoms with E-state index in [4.69, 9.17) is 4.74 Å². The Morgan fingerprint density at radius 2 is 2.00 bits per heavy atom. The van der Waals surface area contributed by atoms with Gasteiger partial charge in [-0.05, 0) is 32.1 Å². The molecule has 2 N–H and O–H groups in total. The number of carbonyl (C=O) groups excluding carboxylic acids is 1. The van der Waals surface area contributed by atoms with Gasteiger partial charge in [0.05, 0.1) is 13.2 Å². The first-order chi connectivity index (χ1) is 9.88. The number of hydrogen-bond acceptors (Lipinski definition) is 4. The van der Waals surface area contributed by atoms with Gasteiger partial charge in [-0.2, -0.15) is 0 Å². The van der Waals surface area contributed by atoms with Crippen LogP contribution in [0.25, 0.3) is 0 Å². The van der Waals surface area contributed by atoms with E-state index in [1.165, 1.54) is 6.42 Å². The van der Waals surface area contributed by atoms with Gasteiger partial charge in [0, 0.05) is 31.7 Å². The quantitative estimate of drug-likeness (QED) is 0.808. The molecule has 2 heterocycles. The Hall–Kier alpha value is -0.650. The first-order valence-electron chi connectivity index (χ1n) is 8.22. The van der Waals surface area contributed by atoms with Gasteiger partial charge in [-0.25, -0.2) is 0 Å². The summed E-state index contributed by atoms with van der Waals surface area (Å²) in [5.74, 6) is 1.52. The monoisotopic (exact) mass is 297 g/mol. The molecule has 0 bridgehead atoms. The van der Waals surface area contributed by atoms with E-state index >= 15 is 0 Å². The van der Waals surface area contributed by atoms with Crippen LogP contribution in [-0.2, 0) is 9.53 Å². The lowest BCUT2D eigenvalue weighted by Crippen LogP contribution is -2.58. The Morgan fingerprint density at radius 3 is 2.57 bits per heavy atom. The molecule has 0 aromatic rings. The SMILES string of the molecule is CC1CC(C)CN(C(C)(C)CNC(=O)C2COCCN2)C1. The largest absolute Gasteiger partial charge is 0.378 e. The zero-order valence-corrected chi connectivity index (χ0v) is 13.9. The minimum Gasteiger partial charge on any atom is -0.378 e. The van der Waals surface area contributed by atoms with Crippen molar-refractivity contribution in [2.24, 2.45) is 11.8 Å². The number of morpholine rings is 1. The molecule has 2 aliphatic heterocycles. The van der Waals surface area contributed by atoms with Crippen molar-refractivity contribution in [2.45, 2.75) is 45.7 Å². The minimum atomic E-state index is -0.200. The van der Waals surface area contributed by atoms with Gasteiger partial charge >= 0.3 is 0 Å². The number of nitrogens with zero attached hydrogens (tertiary/aromatic N) is 1. The Kier molecular flexibility index (Phi) is 5.63. The van der Waals surface area contributed by atoms with E-state index < -0.39 is 0 Å². The molecule has 0 spiro atoms. The molecule has 5 heteroatoms. The molecule has 2 aliphatic rings. The van der Waals surface area contributed by atoms with Crippen LogP contribution in [0.3, 0.4) is 0 Å². The standard InChI is InChI=1S/C16H31N3O2/c1-12-7-13(2)9-19(8-12)16(3,4)11-18-15(20)14-10-21-6-5-17-14/h12-14,17H,5-11H2,1-4H3,(H,18,20). The molecule has 2 fully saturated rings. The number of likely N-dealkylation sites (tertiary alicyclic amines) is 1. The van der Waals surface area contributed by atoms with Gasteiger partial charge in [0.1, 0.15) is 6.04 Å². The maximum atomic E-state index is 12.2. The van der Waals surface area contributed by atoms with Gasteiger partial charge in [0.25, 0.3) is 0 Å². The van der Waals surface area contributed by atoms with Crippen molar-refractivity contribution in [3.05, 3.63) is 0 Å². The molecule has 3 unspecified atom stereocenters. The van der Waals surface area contributed by atoms with Crippen LogP contribution in [0.2, 0.25) is 0 Å². The number of ether oxygens (including phenoxy) is 1. The normalized spacial score (nSPS) is 31.9. The van der Waals surface area contributed by atoms with Crippen molar-refractivity contribution in [1.29, 1.82) is 0 Å².